The fraction of sp³-hybridized carbons (Fsp3) is 0.182. The van der Waals surface area contributed by atoms with E-state index in [1.165, 1.54) is 13.2 Å². The molecule has 0 radical (unpaired) electrons. The first-order valence-corrected chi connectivity index (χ1v) is 9.10. The molecule has 2 N–H and O–H groups in total. The minimum atomic E-state index is -0.613. The van der Waals surface area contributed by atoms with Crippen molar-refractivity contribution in [1.82, 2.24) is 4.90 Å². The second-order valence-corrected chi connectivity index (χ2v) is 6.50. The van der Waals surface area contributed by atoms with Gasteiger partial charge >= 0.3 is 5.97 Å². The molecule has 0 saturated heterocycles. The zero-order valence-corrected chi connectivity index (χ0v) is 16.5. The summed E-state index contributed by atoms with van der Waals surface area (Å²) in [6, 6.07) is 10.1. The van der Waals surface area contributed by atoms with Crippen LogP contribution in [0, 0.1) is 5.41 Å². The van der Waals surface area contributed by atoms with Crippen LogP contribution in [0.5, 0.6) is 0 Å². The van der Waals surface area contributed by atoms with Crippen molar-refractivity contribution in [2.45, 2.75) is 6.92 Å². The number of amides is 2. The summed E-state index contributed by atoms with van der Waals surface area (Å²) in [4.78, 5) is 37.8. The Labute approximate surface area is 172 Å². The van der Waals surface area contributed by atoms with Crippen LogP contribution in [0.1, 0.15) is 23.0 Å². The molecule has 0 bridgehead atoms. The van der Waals surface area contributed by atoms with Gasteiger partial charge in [0.15, 0.2) is 0 Å². The molecule has 1 aliphatic heterocycles. The van der Waals surface area contributed by atoms with E-state index in [-0.39, 0.29) is 24.3 Å². The van der Waals surface area contributed by atoms with E-state index in [4.69, 9.17) is 14.6 Å². The lowest BCUT2D eigenvalue weighted by Crippen LogP contribution is -2.44. The second kappa shape index (κ2) is 8.71. The second-order valence-electron chi connectivity index (χ2n) is 6.50. The Morgan fingerprint density at radius 1 is 1.23 bits per heavy atom. The maximum atomic E-state index is 12.8. The van der Waals surface area contributed by atoms with Gasteiger partial charge in [-0.2, -0.15) is 0 Å². The lowest BCUT2D eigenvalue weighted by atomic mass is 9.94. The summed E-state index contributed by atoms with van der Waals surface area (Å²) in [5.41, 5.74) is 1.67. The fourth-order valence-corrected chi connectivity index (χ4v) is 3.14. The van der Waals surface area contributed by atoms with Crippen molar-refractivity contribution in [2.75, 3.05) is 20.3 Å². The molecule has 2 aromatic rings. The van der Waals surface area contributed by atoms with Gasteiger partial charge in [0.1, 0.15) is 11.5 Å². The van der Waals surface area contributed by atoms with Gasteiger partial charge in [-0.15, -0.1) is 0 Å². The van der Waals surface area contributed by atoms with E-state index < -0.39 is 17.8 Å². The number of hydrogen-bond acceptors (Lipinski definition) is 7. The van der Waals surface area contributed by atoms with Gasteiger partial charge < -0.3 is 19.7 Å². The van der Waals surface area contributed by atoms with Gasteiger partial charge in [-0.25, -0.2) is 4.79 Å². The smallest absolute Gasteiger partial charge is 0.337 e. The van der Waals surface area contributed by atoms with Gasteiger partial charge in [0, 0.05) is 17.4 Å². The lowest BCUT2D eigenvalue weighted by molar-refractivity contribution is -0.140. The Hall–Kier alpha value is -3.78. The average Bonchev–Trinajstić information content (AvgIpc) is 3.23. The summed E-state index contributed by atoms with van der Waals surface area (Å²) in [5.74, 6) is -0.805. The average molecular weight is 408 g/mol. The summed E-state index contributed by atoms with van der Waals surface area (Å²) in [6.45, 7) is 1.04. The number of methoxy groups -OCH3 is 1. The Balaban J connectivity index is 2.00. The van der Waals surface area contributed by atoms with E-state index in [0.29, 0.717) is 28.2 Å². The van der Waals surface area contributed by atoms with Gasteiger partial charge in [0.05, 0.1) is 31.4 Å². The van der Waals surface area contributed by atoms with E-state index in [9.17, 15) is 19.5 Å². The topological polar surface area (TPSA) is 121 Å². The molecule has 3 rings (SSSR count). The van der Waals surface area contributed by atoms with E-state index in [0.717, 1.165) is 11.1 Å². The van der Waals surface area contributed by atoms with Gasteiger partial charge in [-0.05, 0) is 42.8 Å². The predicted molar refractivity (Wildman–Crippen MR) is 109 cm³/mol. The summed E-state index contributed by atoms with van der Waals surface area (Å²) >= 11 is 0. The van der Waals surface area contributed by atoms with E-state index in [2.05, 4.69) is 0 Å². The third-order valence-electron chi connectivity index (χ3n) is 4.71. The normalized spacial score (nSPS) is 15.7. The quantitative estimate of drug-likeness (QED) is 0.328. The van der Waals surface area contributed by atoms with Gasteiger partial charge in [0.25, 0.3) is 11.8 Å². The van der Waals surface area contributed by atoms with Crippen molar-refractivity contribution in [2.24, 2.45) is 0 Å². The predicted octanol–water partition coefficient (Wildman–Crippen LogP) is 2.44. The molecule has 0 fully saturated rings. The van der Waals surface area contributed by atoms with Crippen molar-refractivity contribution in [1.29, 1.82) is 5.41 Å². The number of aliphatic hydroxyl groups is 1. The maximum absolute atomic E-state index is 12.8. The standard InChI is InChI=1S/C22H20N2O6/c1-13-17(20(26)24(8-9-25)21(27)18(13)12-23)11-16-6-7-19(30-16)14-4-3-5-15(10-14)22(28)29-2/h3-7,10-12,23,25H,8-9H2,1-2H3/b17-11-,23-12?. The number of hydrogen-bond donors (Lipinski definition) is 2. The van der Waals surface area contributed by atoms with Crippen LogP contribution in [0.25, 0.3) is 17.4 Å². The van der Waals surface area contributed by atoms with Crippen LogP contribution in [0.2, 0.25) is 0 Å². The highest BCUT2D eigenvalue weighted by molar-refractivity contribution is 6.25. The molecule has 0 spiro atoms. The maximum Gasteiger partial charge on any atom is 0.337 e. The summed E-state index contributed by atoms with van der Waals surface area (Å²) in [6.07, 6.45) is 2.39. The van der Waals surface area contributed by atoms with Gasteiger partial charge in [-0.1, -0.05) is 12.1 Å². The molecule has 1 aromatic heterocycles. The van der Waals surface area contributed by atoms with E-state index in [1.807, 2.05) is 0 Å². The Bertz CT molecular complexity index is 1090. The molecule has 0 aliphatic carbocycles. The molecular weight excluding hydrogens is 388 g/mol. The number of carbonyl (C=O) groups excluding carboxylic acids is 3. The molecule has 1 aliphatic rings. The number of benzene rings is 1. The zero-order chi connectivity index (χ0) is 21.8. The van der Waals surface area contributed by atoms with Crippen molar-refractivity contribution in [3.05, 3.63) is 64.4 Å². The van der Waals surface area contributed by atoms with Crippen LogP contribution >= 0.6 is 0 Å². The van der Waals surface area contributed by atoms with Crippen molar-refractivity contribution < 1.29 is 28.6 Å². The van der Waals surface area contributed by atoms with Crippen LogP contribution in [-0.4, -0.2) is 54.3 Å². The monoisotopic (exact) mass is 408 g/mol. The molecule has 2 amide bonds. The van der Waals surface area contributed by atoms with Crippen LogP contribution < -0.4 is 0 Å². The Morgan fingerprint density at radius 2 is 2.00 bits per heavy atom. The summed E-state index contributed by atoms with van der Waals surface area (Å²) < 4.78 is 10.5. The largest absolute Gasteiger partial charge is 0.465 e. The first-order chi connectivity index (χ1) is 14.4. The minimum absolute atomic E-state index is 0.0758. The van der Waals surface area contributed by atoms with Gasteiger partial charge in [-0.3, -0.25) is 14.5 Å². The molecule has 30 heavy (non-hydrogen) atoms. The number of rotatable bonds is 6. The third-order valence-corrected chi connectivity index (χ3v) is 4.71. The van der Waals surface area contributed by atoms with Gasteiger partial charge in [0.2, 0.25) is 0 Å². The molecule has 1 aromatic carbocycles. The number of imide groups is 1. The molecule has 8 nitrogen and oxygen atoms in total. The molecule has 2 heterocycles. The number of aliphatic hydroxyl groups excluding tert-OH is 1. The number of furan rings is 1. The third kappa shape index (κ3) is 3.85. The minimum Gasteiger partial charge on any atom is -0.465 e. The number of nitrogens with one attached hydrogen (secondary N) is 1. The van der Waals surface area contributed by atoms with E-state index in [1.54, 1.807) is 43.3 Å². The van der Waals surface area contributed by atoms with Crippen molar-refractivity contribution in [3.8, 4) is 11.3 Å². The summed E-state index contributed by atoms with van der Waals surface area (Å²) in [5, 5.41) is 16.7. The first kappa shape index (κ1) is 20.9. The van der Waals surface area contributed by atoms with Crippen LogP contribution in [0.4, 0.5) is 0 Å². The first-order valence-electron chi connectivity index (χ1n) is 9.10. The Kier molecular flexibility index (Phi) is 6.08. The van der Waals surface area contributed by atoms with Crippen LogP contribution in [0.3, 0.4) is 0 Å². The molecule has 8 heteroatoms. The number of nitrogens with zero attached hydrogens (tertiary/aromatic N) is 1. The number of carbonyl (C=O) groups is 3. The molecule has 0 saturated carbocycles. The fourth-order valence-electron chi connectivity index (χ4n) is 3.14. The molecule has 0 unspecified atom stereocenters. The lowest BCUT2D eigenvalue weighted by Gasteiger charge is -2.27. The number of β-amino-alcohol motifs (C(OH)–C–C–N with tert-alkyl or cyclic N) is 1. The zero-order valence-electron chi connectivity index (χ0n) is 16.5. The molecule has 0 atom stereocenters. The summed E-state index contributed by atoms with van der Waals surface area (Å²) in [7, 11) is 1.30. The highest BCUT2D eigenvalue weighted by Crippen LogP contribution is 2.29. The molecular formula is C22H20N2O6. The number of ether oxygens (including phenoxy) is 1. The molecule has 154 valence electrons. The van der Waals surface area contributed by atoms with Crippen molar-refractivity contribution in [3.63, 3.8) is 0 Å². The highest BCUT2D eigenvalue weighted by atomic mass is 16.5. The van der Waals surface area contributed by atoms with Crippen molar-refractivity contribution >= 4 is 30.1 Å². The van der Waals surface area contributed by atoms with Crippen LogP contribution in [-0.2, 0) is 14.3 Å². The van der Waals surface area contributed by atoms with E-state index >= 15 is 0 Å². The number of esters is 1. The highest BCUT2D eigenvalue weighted by Gasteiger charge is 2.34. The SMILES string of the molecule is COC(=O)c1cccc(-c2ccc(/C=C3\C(=O)N(CCO)C(=O)C(C=N)=C3C)o2)c1. The Morgan fingerprint density at radius 3 is 2.67 bits per heavy atom. The van der Waals surface area contributed by atoms with Crippen LogP contribution in [0.15, 0.2) is 57.5 Å².